The van der Waals surface area contributed by atoms with Gasteiger partial charge in [0.15, 0.2) is 0 Å². The second-order valence-electron chi connectivity index (χ2n) is 7.12. The van der Waals surface area contributed by atoms with Gasteiger partial charge in [-0.05, 0) is 53.1 Å². The number of benzene rings is 2. The van der Waals surface area contributed by atoms with Crippen LogP contribution >= 0.6 is 0 Å². The summed E-state index contributed by atoms with van der Waals surface area (Å²) >= 11 is 0. The molecule has 2 aromatic carbocycles. The summed E-state index contributed by atoms with van der Waals surface area (Å²) in [6.07, 6.45) is 5.00. The van der Waals surface area contributed by atoms with Crippen LogP contribution < -0.4 is 16.0 Å². The smallest absolute Gasteiger partial charge is 0.319 e. The van der Waals surface area contributed by atoms with Crippen LogP contribution in [0.25, 0.3) is 0 Å². The maximum atomic E-state index is 13.3. The van der Waals surface area contributed by atoms with E-state index in [2.05, 4.69) is 36.3 Å². The fourth-order valence-corrected chi connectivity index (χ4v) is 3.24. The highest BCUT2D eigenvalue weighted by atomic mass is 19.1. The zero-order valence-corrected chi connectivity index (χ0v) is 17.1. The number of pyridine rings is 1. The number of nitrogens with zero attached hydrogens (tertiary/aromatic N) is 3. The van der Waals surface area contributed by atoms with Gasteiger partial charge >= 0.3 is 6.03 Å². The largest absolute Gasteiger partial charge is 0.334 e. The Bertz CT molecular complexity index is 1130. The Morgan fingerprint density at radius 3 is 2.56 bits per heavy atom. The molecule has 2 heterocycles. The zero-order chi connectivity index (χ0) is 22.2. The van der Waals surface area contributed by atoms with Gasteiger partial charge in [0.05, 0.1) is 12.2 Å². The number of carbonyl (C=O) groups excluding carboxylic acids is 1. The molecule has 162 valence electrons. The summed E-state index contributed by atoms with van der Waals surface area (Å²) in [5.41, 5.74) is 4.17. The SMILES string of the molecule is O=C(NCc1ccncc1)Nc1cccc(CN[C@@H](c2ccc(F)cc2)c2cn[nH]n2)c1. The minimum absolute atomic E-state index is 0.269. The summed E-state index contributed by atoms with van der Waals surface area (Å²) in [5, 5.41) is 19.7. The lowest BCUT2D eigenvalue weighted by molar-refractivity contribution is 0.251. The first kappa shape index (κ1) is 21.1. The van der Waals surface area contributed by atoms with Crippen molar-refractivity contribution < 1.29 is 9.18 Å². The number of rotatable bonds is 8. The number of anilines is 1. The highest BCUT2D eigenvalue weighted by Crippen LogP contribution is 2.21. The van der Waals surface area contributed by atoms with E-state index in [4.69, 9.17) is 0 Å². The number of nitrogens with one attached hydrogen (secondary N) is 4. The van der Waals surface area contributed by atoms with Crippen LogP contribution in [0.4, 0.5) is 14.9 Å². The highest BCUT2D eigenvalue weighted by Gasteiger charge is 2.16. The second kappa shape index (κ2) is 10.3. The van der Waals surface area contributed by atoms with E-state index in [1.807, 2.05) is 36.4 Å². The quantitative estimate of drug-likeness (QED) is 0.341. The Morgan fingerprint density at radius 1 is 1.00 bits per heavy atom. The van der Waals surface area contributed by atoms with Crippen molar-refractivity contribution in [3.05, 3.63) is 107 Å². The molecular weight excluding hydrogens is 409 g/mol. The van der Waals surface area contributed by atoms with Gasteiger partial charge in [-0.1, -0.05) is 24.3 Å². The minimum atomic E-state index is -0.298. The molecule has 0 aliphatic carbocycles. The monoisotopic (exact) mass is 431 g/mol. The summed E-state index contributed by atoms with van der Waals surface area (Å²) in [4.78, 5) is 16.2. The molecule has 4 rings (SSSR count). The maximum absolute atomic E-state index is 13.3. The molecule has 0 saturated carbocycles. The summed E-state index contributed by atoms with van der Waals surface area (Å²) in [5.74, 6) is -0.298. The van der Waals surface area contributed by atoms with Crippen LogP contribution in [0.5, 0.6) is 0 Å². The molecule has 0 spiro atoms. The molecule has 0 fully saturated rings. The normalized spacial score (nSPS) is 11.7. The molecule has 2 amide bonds. The molecule has 1 atom stereocenters. The number of aromatic nitrogens is 4. The average Bonchev–Trinajstić information content (AvgIpc) is 3.35. The van der Waals surface area contributed by atoms with E-state index in [9.17, 15) is 9.18 Å². The van der Waals surface area contributed by atoms with Gasteiger partial charge in [-0.25, -0.2) is 9.18 Å². The number of H-pyrrole nitrogens is 1. The van der Waals surface area contributed by atoms with Gasteiger partial charge in [-0.2, -0.15) is 15.4 Å². The van der Waals surface area contributed by atoms with Crippen LogP contribution in [0.1, 0.15) is 28.4 Å². The van der Waals surface area contributed by atoms with Gasteiger partial charge in [-0.15, -0.1) is 0 Å². The van der Waals surface area contributed by atoms with Crippen LogP contribution in [0.15, 0.2) is 79.3 Å². The Hall–Kier alpha value is -4.11. The van der Waals surface area contributed by atoms with E-state index >= 15 is 0 Å². The van der Waals surface area contributed by atoms with Gasteiger partial charge in [0.1, 0.15) is 11.5 Å². The number of carbonyl (C=O) groups is 1. The lowest BCUT2D eigenvalue weighted by Gasteiger charge is -2.17. The van der Waals surface area contributed by atoms with Crippen LogP contribution in [0.3, 0.4) is 0 Å². The molecule has 0 unspecified atom stereocenters. The lowest BCUT2D eigenvalue weighted by Crippen LogP contribution is -2.28. The summed E-state index contributed by atoms with van der Waals surface area (Å²) in [6.45, 7) is 0.912. The van der Waals surface area contributed by atoms with Gasteiger partial charge in [0.25, 0.3) is 0 Å². The molecule has 0 radical (unpaired) electrons. The van der Waals surface area contributed by atoms with Crippen LogP contribution in [-0.4, -0.2) is 26.4 Å². The first-order valence-corrected chi connectivity index (χ1v) is 10.0. The van der Waals surface area contributed by atoms with E-state index in [0.717, 1.165) is 16.7 Å². The number of hydrogen-bond donors (Lipinski definition) is 4. The average molecular weight is 431 g/mol. The predicted octanol–water partition coefficient (Wildman–Crippen LogP) is 3.54. The topological polar surface area (TPSA) is 108 Å². The molecule has 9 heteroatoms. The molecule has 0 bridgehead atoms. The van der Waals surface area contributed by atoms with Crippen molar-refractivity contribution in [1.29, 1.82) is 0 Å². The van der Waals surface area contributed by atoms with E-state index in [-0.39, 0.29) is 17.9 Å². The predicted molar refractivity (Wildman–Crippen MR) is 118 cm³/mol. The Morgan fingerprint density at radius 2 is 1.81 bits per heavy atom. The summed E-state index contributed by atoms with van der Waals surface area (Å²) < 4.78 is 13.3. The standard InChI is InChI=1S/C23H22FN7O/c24-19-6-4-18(5-7-19)22(21-15-28-31-30-21)26-14-17-2-1-3-20(12-17)29-23(32)27-13-16-8-10-25-11-9-16/h1-12,15,22,26H,13-14H2,(H2,27,29,32)(H,28,30,31)/t22-/m0/s1. The summed E-state index contributed by atoms with van der Waals surface area (Å²) in [7, 11) is 0. The Labute approximate surface area is 184 Å². The number of urea groups is 1. The van der Waals surface area contributed by atoms with Crippen molar-refractivity contribution in [2.75, 3.05) is 5.32 Å². The third-order valence-corrected chi connectivity index (χ3v) is 4.83. The first-order valence-electron chi connectivity index (χ1n) is 10.0. The molecule has 2 aromatic heterocycles. The van der Waals surface area contributed by atoms with Crippen molar-refractivity contribution in [2.24, 2.45) is 0 Å². The molecule has 0 aliphatic heterocycles. The Kier molecular flexibility index (Phi) is 6.78. The minimum Gasteiger partial charge on any atom is -0.334 e. The molecule has 8 nitrogen and oxygen atoms in total. The Balaban J connectivity index is 1.38. The van der Waals surface area contributed by atoms with Gasteiger partial charge in [-0.3, -0.25) is 4.98 Å². The number of aromatic amines is 1. The fraction of sp³-hybridized carbons (Fsp3) is 0.130. The third-order valence-electron chi connectivity index (χ3n) is 4.83. The van der Waals surface area contributed by atoms with Gasteiger partial charge in [0.2, 0.25) is 0 Å². The van der Waals surface area contributed by atoms with Crippen LogP contribution in [0.2, 0.25) is 0 Å². The van der Waals surface area contributed by atoms with Crippen LogP contribution in [-0.2, 0) is 13.1 Å². The number of hydrogen-bond acceptors (Lipinski definition) is 5. The molecular formula is C23H22FN7O. The van der Waals surface area contributed by atoms with Crippen molar-refractivity contribution in [2.45, 2.75) is 19.1 Å². The van der Waals surface area contributed by atoms with E-state index in [0.29, 0.717) is 24.5 Å². The molecule has 4 aromatic rings. The number of halogens is 1. The fourth-order valence-electron chi connectivity index (χ4n) is 3.24. The van der Waals surface area contributed by atoms with Gasteiger partial charge < -0.3 is 16.0 Å². The molecule has 0 saturated heterocycles. The zero-order valence-electron chi connectivity index (χ0n) is 17.1. The third kappa shape index (κ3) is 5.73. The lowest BCUT2D eigenvalue weighted by atomic mass is 10.0. The van der Waals surface area contributed by atoms with Crippen LogP contribution in [0, 0.1) is 5.82 Å². The van der Waals surface area contributed by atoms with E-state index in [1.165, 1.54) is 12.1 Å². The van der Waals surface area contributed by atoms with Gasteiger partial charge in [0, 0.05) is 31.2 Å². The highest BCUT2D eigenvalue weighted by molar-refractivity contribution is 5.89. The molecule has 4 N–H and O–H groups in total. The van der Waals surface area contributed by atoms with Crippen molar-refractivity contribution in [3.8, 4) is 0 Å². The van der Waals surface area contributed by atoms with Crippen molar-refractivity contribution in [3.63, 3.8) is 0 Å². The van der Waals surface area contributed by atoms with E-state index < -0.39 is 0 Å². The molecule has 32 heavy (non-hydrogen) atoms. The van der Waals surface area contributed by atoms with Crippen molar-refractivity contribution in [1.82, 2.24) is 31.0 Å². The van der Waals surface area contributed by atoms with E-state index in [1.54, 1.807) is 30.7 Å². The number of amides is 2. The first-order chi connectivity index (χ1) is 15.7. The second-order valence-corrected chi connectivity index (χ2v) is 7.12. The maximum Gasteiger partial charge on any atom is 0.319 e. The molecule has 0 aliphatic rings. The summed E-state index contributed by atoms with van der Waals surface area (Å²) in [6, 6.07) is 16.9. The van der Waals surface area contributed by atoms with Crippen molar-refractivity contribution >= 4 is 11.7 Å².